The summed E-state index contributed by atoms with van der Waals surface area (Å²) in [6.45, 7) is 5.41. The molecule has 94 valence electrons. The quantitative estimate of drug-likeness (QED) is 0.831. The van der Waals surface area contributed by atoms with Gasteiger partial charge in [0, 0.05) is 24.3 Å². The number of nitrogens with one attached hydrogen (secondary N) is 2. The molecule has 0 radical (unpaired) electrons. The van der Waals surface area contributed by atoms with Gasteiger partial charge < -0.3 is 10.3 Å². The van der Waals surface area contributed by atoms with E-state index in [0.717, 1.165) is 6.54 Å². The van der Waals surface area contributed by atoms with Crippen LogP contribution in [0.5, 0.6) is 0 Å². The minimum absolute atomic E-state index is 0. The molecule has 2 N–H and O–H groups in total. The van der Waals surface area contributed by atoms with Crippen LogP contribution < -0.4 is 5.32 Å². The summed E-state index contributed by atoms with van der Waals surface area (Å²) in [6, 6.07) is 9.21. The van der Waals surface area contributed by atoms with Gasteiger partial charge in [0.2, 0.25) is 0 Å². The summed E-state index contributed by atoms with van der Waals surface area (Å²) >= 11 is 0. The Labute approximate surface area is 109 Å². The van der Waals surface area contributed by atoms with E-state index in [0.29, 0.717) is 6.04 Å². The van der Waals surface area contributed by atoms with Crippen LogP contribution in [0.1, 0.15) is 32.3 Å². The van der Waals surface area contributed by atoms with Gasteiger partial charge >= 0.3 is 0 Å². The van der Waals surface area contributed by atoms with Crippen LogP contribution >= 0.6 is 12.4 Å². The van der Waals surface area contributed by atoms with Crippen LogP contribution in [0, 0.1) is 0 Å². The Morgan fingerprint density at radius 2 is 1.94 bits per heavy atom. The first-order valence-electron chi connectivity index (χ1n) is 6.13. The van der Waals surface area contributed by atoms with E-state index >= 15 is 0 Å². The van der Waals surface area contributed by atoms with E-state index in [4.69, 9.17) is 0 Å². The van der Waals surface area contributed by atoms with E-state index in [1.165, 1.54) is 29.3 Å². The van der Waals surface area contributed by atoms with E-state index in [1.807, 2.05) is 6.20 Å². The lowest BCUT2D eigenvalue weighted by Gasteiger charge is -2.14. The smallest absolute Gasteiger partial charge is 0.0499 e. The third-order valence-corrected chi connectivity index (χ3v) is 3.24. The summed E-state index contributed by atoms with van der Waals surface area (Å²) in [5.41, 5.74) is 2.62. The fourth-order valence-electron chi connectivity index (χ4n) is 2.13. The number of H-pyrrole nitrogens is 1. The number of hydrogen-bond acceptors (Lipinski definition) is 1. The van der Waals surface area contributed by atoms with Crippen LogP contribution in [0.4, 0.5) is 0 Å². The van der Waals surface area contributed by atoms with Gasteiger partial charge in [0.1, 0.15) is 0 Å². The highest BCUT2D eigenvalue weighted by Gasteiger charge is 2.05. The van der Waals surface area contributed by atoms with Crippen molar-refractivity contribution in [3.05, 3.63) is 36.0 Å². The van der Waals surface area contributed by atoms with Gasteiger partial charge in [-0.15, -0.1) is 12.4 Å². The molecule has 0 saturated carbocycles. The number of rotatable bonds is 5. The fraction of sp³-hybridized carbons (Fsp3) is 0.429. The van der Waals surface area contributed by atoms with Crippen molar-refractivity contribution >= 4 is 23.3 Å². The van der Waals surface area contributed by atoms with Gasteiger partial charge in [-0.25, -0.2) is 0 Å². The summed E-state index contributed by atoms with van der Waals surface area (Å²) in [5.74, 6) is 0. The summed E-state index contributed by atoms with van der Waals surface area (Å²) < 4.78 is 0. The highest BCUT2D eigenvalue weighted by Crippen LogP contribution is 2.16. The van der Waals surface area contributed by atoms with Gasteiger partial charge in [-0.3, -0.25) is 0 Å². The first-order valence-corrected chi connectivity index (χ1v) is 6.13. The predicted octanol–water partition coefficient (Wildman–Crippen LogP) is 3.87. The molecule has 3 heteroatoms. The molecular weight excluding hydrogens is 232 g/mol. The Morgan fingerprint density at radius 3 is 2.65 bits per heavy atom. The second-order valence-corrected chi connectivity index (χ2v) is 4.25. The third kappa shape index (κ3) is 3.24. The lowest BCUT2D eigenvalue weighted by molar-refractivity contribution is 0.485. The van der Waals surface area contributed by atoms with Crippen molar-refractivity contribution in [1.82, 2.24) is 10.3 Å². The number of aromatic nitrogens is 1. The van der Waals surface area contributed by atoms with Crippen LogP contribution in [0.2, 0.25) is 0 Å². The highest BCUT2D eigenvalue weighted by atomic mass is 35.5. The summed E-state index contributed by atoms with van der Waals surface area (Å²) in [7, 11) is 0. The maximum Gasteiger partial charge on any atom is 0.0499 e. The zero-order chi connectivity index (χ0) is 11.4. The topological polar surface area (TPSA) is 27.8 Å². The number of benzene rings is 1. The average molecular weight is 253 g/mol. The van der Waals surface area contributed by atoms with Gasteiger partial charge in [-0.05, 0) is 29.9 Å². The normalized spacial score (nSPS) is 10.8. The second-order valence-electron chi connectivity index (χ2n) is 4.25. The van der Waals surface area contributed by atoms with Crippen LogP contribution in [-0.2, 0) is 6.54 Å². The first kappa shape index (κ1) is 14.1. The Balaban J connectivity index is 0.00000144. The molecule has 0 aliphatic rings. The van der Waals surface area contributed by atoms with Crippen molar-refractivity contribution < 1.29 is 0 Å². The maximum atomic E-state index is 3.60. The molecule has 1 heterocycles. The van der Waals surface area contributed by atoms with Crippen LogP contribution in [-0.4, -0.2) is 11.0 Å². The molecule has 2 nitrogen and oxygen atoms in total. The molecule has 0 fully saturated rings. The monoisotopic (exact) mass is 252 g/mol. The van der Waals surface area contributed by atoms with Gasteiger partial charge in [0.15, 0.2) is 0 Å². The van der Waals surface area contributed by atoms with Crippen molar-refractivity contribution in [3.63, 3.8) is 0 Å². The van der Waals surface area contributed by atoms with Crippen LogP contribution in [0.25, 0.3) is 10.9 Å². The SMILES string of the molecule is CCC(CC)NCc1cccc2cc[nH]c12.Cl. The zero-order valence-corrected chi connectivity index (χ0v) is 11.3. The summed E-state index contributed by atoms with van der Waals surface area (Å²) in [5, 5.41) is 4.89. The Hall–Kier alpha value is -0.990. The number of para-hydroxylation sites is 1. The Kier molecular flexibility index (Phi) is 5.52. The largest absolute Gasteiger partial charge is 0.361 e. The van der Waals surface area contributed by atoms with E-state index in [-0.39, 0.29) is 12.4 Å². The number of aromatic amines is 1. The summed E-state index contributed by atoms with van der Waals surface area (Å²) in [4.78, 5) is 3.31. The molecule has 0 spiro atoms. The number of halogens is 1. The molecule has 1 aromatic carbocycles. The molecule has 0 aliphatic heterocycles. The molecule has 2 rings (SSSR count). The molecule has 1 aromatic heterocycles. The molecule has 0 unspecified atom stereocenters. The highest BCUT2D eigenvalue weighted by molar-refractivity contribution is 5.85. The maximum absolute atomic E-state index is 3.60. The number of hydrogen-bond donors (Lipinski definition) is 2. The molecule has 2 aromatic rings. The molecular formula is C14H21ClN2. The van der Waals surface area contributed by atoms with E-state index in [2.05, 4.69) is 48.4 Å². The minimum atomic E-state index is 0. The van der Waals surface area contributed by atoms with Crippen molar-refractivity contribution in [3.8, 4) is 0 Å². The fourth-order valence-corrected chi connectivity index (χ4v) is 2.13. The Bertz CT molecular complexity index is 446. The molecule has 0 bridgehead atoms. The lowest BCUT2D eigenvalue weighted by atomic mass is 10.1. The zero-order valence-electron chi connectivity index (χ0n) is 10.5. The molecule has 0 atom stereocenters. The van der Waals surface area contributed by atoms with Crippen molar-refractivity contribution in [2.45, 2.75) is 39.3 Å². The molecule has 17 heavy (non-hydrogen) atoms. The van der Waals surface area contributed by atoms with E-state index in [9.17, 15) is 0 Å². The van der Waals surface area contributed by atoms with E-state index in [1.54, 1.807) is 0 Å². The third-order valence-electron chi connectivity index (χ3n) is 3.24. The average Bonchev–Trinajstić information content (AvgIpc) is 2.79. The first-order chi connectivity index (χ1) is 7.85. The van der Waals surface area contributed by atoms with Crippen molar-refractivity contribution in [2.75, 3.05) is 0 Å². The predicted molar refractivity (Wildman–Crippen MR) is 76.8 cm³/mol. The van der Waals surface area contributed by atoms with Gasteiger partial charge in [-0.1, -0.05) is 32.0 Å². The van der Waals surface area contributed by atoms with Crippen molar-refractivity contribution in [1.29, 1.82) is 0 Å². The van der Waals surface area contributed by atoms with Crippen molar-refractivity contribution in [2.24, 2.45) is 0 Å². The minimum Gasteiger partial charge on any atom is -0.361 e. The van der Waals surface area contributed by atoms with Gasteiger partial charge in [-0.2, -0.15) is 0 Å². The van der Waals surface area contributed by atoms with E-state index < -0.39 is 0 Å². The summed E-state index contributed by atoms with van der Waals surface area (Å²) in [6.07, 6.45) is 4.39. The van der Waals surface area contributed by atoms with Crippen LogP contribution in [0.3, 0.4) is 0 Å². The van der Waals surface area contributed by atoms with Gasteiger partial charge in [0.05, 0.1) is 0 Å². The second kappa shape index (κ2) is 6.67. The van der Waals surface area contributed by atoms with Crippen LogP contribution in [0.15, 0.2) is 30.5 Å². The Morgan fingerprint density at radius 1 is 1.18 bits per heavy atom. The lowest BCUT2D eigenvalue weighted by Crippen LogP contribution is -2.27. The molecule has 0 amide bonds. The van der Waals surface area contributed by atoms with Gasteiger partial charge in [0.25, 0.3) is 0 Å². The number of fused-ring (bicyclic) bond motifs is 1. The molecule has 0 saturated heterocycles. The molecule has 0 aliphatic carbocycles. The standard InChI is InChI=1S/C14H20N2.ClH/c1-3-13(4-2)16-10-12-7-5-6-11-8-9-15-14(11)12;/h5-9,13,15-16H,3-4,10H2,1-2H3;1H.